The predicted octanol–water partition coefficient (Wildman–Crippen LogP) is 1.07. The average Bonchev–Trinajstić information content (AvgIpc) is 2.85. The van der Waals surface area contributed by atoms with Gasteiger partial charge < -0.3 is 25.2 Å². The second kappa shape index (κ2) is 9.79. The standard InChI is InChI=1S/C23H23FN6O4/c1-29-8-9-30(23(34)18-12-25-6-7-26-18)19(13-29)17-10-16(20(31)22(33)28-17)21(32)27-11-14-2-4-15(24)5-3-14/h2-7,10,12,19,31H,8-9,11,13H2,1H3,(H,27,32)(H,28,33). The van der Waals surface area contributed by atoms with Gasteiger partial charge in [-0.15, -0.1) is 0 Å². The first-order valence-electron chi connectivity index (χ1n) is 10.6. The zero-order valence-electron chi connectivity index (χ0n) is 18.4. The van der Waals surface area contributed by atoms with Crippen molar-refractivity contribution >= 4 is 11.8 Å². The molecule has 11 heteroatoms. The monoisotopic (exact) mass is 466 g/mol. The highest BCUT2D eigenvalue weighted by Crippen LogP contribution is 2.26. The van der Waals surface area contributed by atoms with E-state index in [2.05, 4.69) is 20.3 Å². The number of piperazine rings is 1. The van der Waals surface area contributed by atoms with Crippen molar-refractivity contribution < 1.29 is 19.1 Å². The molecule has 3 N–H and O–H groups in total. The van der Waals surface area contributed by atoms with Crippen molar-refractivity contribution in [1.82, 2.24) is 30.1 Å². The Morgan fingerprint density at radius 3 is 2.71 bits per heavy atom. The van der Waals surface area contributed by atoms with Gasteiger partial charge in [-0.25, -0.2) is 9.37 Å². The van der Waals surface area contributed by atoms with Gasteiger partial charge in [-0.1, -0.05) is 12.1 Å². The van der Waals surface area contributed by atoms with Crippen LogP contribution < -0.4 is 10.9 Å². The number of aromatic amines is 1. The van der Waals surface area contributed by atoms with Crippen LogP contribution in [0.3, 0.4) is 0 Å². The van der Waals surface area contributed by atoms with E-state index in [1.807, 2.05) is 11.9 Å². The minimum Gasteiger partial charge on any atom is -0.502 e. The summed E-state index contributed by atoms with van der Waals surface area (Å²) in [4.78, 5) is 52.5. The fourth-order valence-corrected chi connectivity index (χ4v) is 3.79. The Balaban J connectivity index is 1.62. The number of likely N-dealkylation sites (N-methyl/N-ethyl adjacent to an activating group) is 1. The number of H-pyrrole nitrogens is 1. The summed E-state index contributed by atoms with van der Waals surface area (Å²) in [5.41, 5.74) is 0.0495. The summed E-state index contributed by atoms with van der Waals surface area (Å²) in [5, 5.41) is 12.9. The third-order valence-corrected chi connectivity index (χ3v) is 5.62. The molecule has 34 heavy (non-hydrogen) atoms. The number of nitrogens with one attached hydrogen (secondary N) is 2. The second-order valence-electron chi connectivity index (χ2n) is 7.99. The van der Waals surface area contributed by atoms with Gasteiger partial charge in [0.2, 0.25) is 0 Å². The van der Waals surface area contributed by atoms with Crippen molar-refractivity contribution in [3.05, 3.63) is 87.6 Å². The van der Waals surface area contributed by atoms with Gasteiger partial charge in [0.1, 0.15) is 11.5 Å². The molecule has 1 aromatic carbocycles. The fourth-order valence-electron chi connectivity index (χ4n) is 3.79. The Bertz CT molecular complexity index is 1250. The molecule has 0 bridgehead atoms. The molecule has 1 aliphatic heterocycles. The number of hydrogen-bond donors (Lipinski definition) is 3. The van der Waals surface area contributed by atoms with E-state index in [4.69, 9.17) is 0 Å². The Hall–Kier alpha value is -4.12. The third kappa shape index (κ3) is 4.94. The molecule has 176 valence electrons. The number of nitrogens with zero attached hydrogens (tertiary/aromatic N) is 4. The molecule has 0 saturated carbocycles. The van der Waals surface area contributed by atoms with Gasteiger partial charge in [0.25, 0.3) is 17.4 Å². The maximum absolute atomic E-state index is 13.1. The minimum atomic E-state index is -0.843. The molecule has 0 spiro atoms. The van der Waals surface area contributed by atoms with Crippen molar-refractivity contribution in [3.8, 4) is 5.75 Å². The van der Waals surface area contributed by atoms with Gasteiger partial charge in [0.15, 0.2) is 5.75 Å². The molecular weight excluding hydrogens is 443 g/mol. The number of hydrogen-bond acceptors (Lipinski definition) is 7. The highest BCUT2D eigenvalue weighted by atomic mass is 19.1. The number of benzene rings is 1. The smallest absolute Gasteiger partial charge is 0.291 e. The molecule has 1 fully saturated rings. The molecule has 4 rings (SSSR count). The lowest BCUT2D eigenvalue weighted by molar-refractivity contribution is 0.0483. The van der Waals surface area contributed by atoms with Crippen LogP contribution in [0.2, 0.25) is 0 Å². The number of carbonyl (C=O) groups excluding carboxylic acids is 2. The van der Waals surface area contributed by atoms with E-state index in [1.54, 1.807) is 4.90 Å². The van der Waals surface area contributed by atoms with Crippen LogP contribution in [0.25, 0.3) is 0 Å². The lowest BCUT2D eigenvalue weighted by Crippen LogP contribution is -2.50. The van der Waals surface area contributed by atoms with Crippen LogP contribution in [0.5, 0.6) is 5.75 Å². The molecule has 0 radical (unpaired) electrons. The summed E-state index contributed by atoms with van der Waals surface area (Å²) in [7, 11) is 1.88. The van der Waals surface area contributed by atoms with Crippen molar-refractivity contribution in [2.24, 2.45) is 0 Å². The molecule has 1 saturated heterocycles. The summed E-state index contributed by atoms with van der Waals surface area (Å²) in [5.74, 6) is -2.16. The van der Waals surface area contributed by atoms with Crippen LogP contribution in [0.1, 0.15) is 38.1 Å². The molecular formula is C23H23FN6O4. The van der Waals surface area contributed by atoms with Crippen molar-refractivity contribution in [2.45, 2.75) is 12.6 Å². The highest BCUT2D eigenvalue weighted by molar-refractivity contribution is 5.97. The zero-order chi connectivity index (χ0) is 24.2. The van der Waals surface area contributed by atoms with Gasteiger partial charge in [-0.2, -0.15) is 0 Å². The first-order valence-corrected chi connectivity index (χ1v) is 10.6. The van der Waals surface area contributed by atoms with E-state index < -0.39 is 29.1 Å². The van der Waals surface area contributed by atoms with Crippen LogP contribution in [-0.4, -0.2) is 68.4 Å². The van der Waals surface area contributed by atoms with E-state index in [0.717, 1.165) is 0 Å². The molecule has 2 amide bonds. The summed E-state index contributed by atoms with van der Waals surface area (Å²) in [6.07, 6.45) is 4.25. The Kier molecular flexibility index (Phi) is 6.64. The summed E-state index contributed by atoms with van der Waals surface area (Å²) in [6, 6.07) is 6.36. The number of halogens is 1. The van der Waals surface area contributed by atoms with Gasteiger partial charge >= 0.3 is 0 Å². The second-order valence-corrected chi connectivity index (χ2v) is 7.99. The minimum absolute atomic E-state index is 0.0736. The van der Waals surface area contributed by atoms with Crippen LogP contribution in [-0.2, 0) is 6.54 Å². The lowest BCUT2D eigenvalue weighted by atomic mass is 10.0. The van der Waals surface area contributed by atoms with E-state index in [-0.39, 0.29) is 23.7 Å². The Labute approximate surface area is 194 Å². The van der Waals surface area contributed by atoms with Crippen molar-refractivity contribution in [1.29, 1.82) is 0 Å². The zero-order valence-corrected chi connectivity index (χ0v) is 18.4. The van der Waals surface area contributed by atoms with Crippen molar-refractivity contribution in [3.63, 3.8) is 0 Å². The molecule has 1 unspecified atom stereocenters. The van der Waals surface area contributed by atoms with Gasteiger partial charge in [-0.05, 0) is 30.8 Å². The van der Waals surface area contributed by atoms with Gasteiger partial charge in [0, 0.05) is 44.3 Å². The summed E-state index contributed by atoms with van der Waals surface area (Å²) >= 11 is 0. The number of aromatic nitrogens is 3. The van der Waals surface area contributed by atoms with Gasteiger partial charge in [-0.3, -0.25) is 19.4 Å². The molecule has 3 heterocycles. The molecule has 10 nitrogen and oxygen atoms in total. The van der Waals surface area contributed by atoms with Crippen LogP contribution >= 0.6 is 0 Å². The first-order chi connectivity index (χ1) is 16.3. The predicted molar refractivity (Wildman–Crippen MR) is 120 cm³/mol. The van der Waals surface area contributed by atoms with Crippen LogP contribution in [0.15, 0.2) is 53.7 Å². The topological polar surface area (TPSA) is 132 Å². The third-order valence-electron chi connectivity index (χ3n) is 5.62. The molecule has 1 atom stereocenters. The van der Waals surface area contributed by atoms with Crippen LogP contribution in [0.4, 0.5) is 4.39 Å². The van der Waals surface area contributed by atoms with E-state index >= 15 is 0 Å². The SMILES string of the molecule is CN1CCN(C(=O)c2cnccn2)C(c2cc(C(=O)NCc3ccc(F)cc3)c(O)c(=O)[nH]2)C1. The normalized spacial score (nSPS) is 16.3. The number of pyridine rings is 1. The molecule has 2 aromatic heterocycles. The average molecular weight is 466 g/mol. The molecule has 0 aliphatic carbocycles. The van der Waals surface area contributed by atoms with E-state index in [1.165, 1.54) is 48.9 Å². The largest absolute Gasteiger partial charge is 0.502 e. The van der Waals surface area contributed by atoms with E-state index in [9.17, 15) is 23.9 Å². The lowest BCUT2D eigenvalue weighted by Gasteiger charge is -2.39. The number of aromatic hydroxyl groups is 1. The first kappa shape index (κ1) is 23.1. The molecule has 3 aromatic rings. The maximum atomic E-state index is 13.1. The quantitative estimate of drug-likeness (QED) is 0.513. The number of rotatable bonds is 5. The van der Waals surface area contributed by atoms with E-state index in [0.29, 0.717) is 30.9 Å². The summed E-state index contributed by atoms with van der Waals surface area (Å²) < 4.78 is 13.1. The summed E-state index contributed by atoms with van der Waals surface area (Å²) in [6.45, 7) is 1.44. The van der Waals surface area contributed by atoms with Crippen molar-refractivity contribution in [2.75, 3.05) is 26.7 Å². The fraction of sp³-hybridized carbons (Fsp3) is 0.261. The number of amides is 2. The maximum Gasteiger partial charge on any atom is 0.291 e. The number of carbonyl (C=O) groups is 2. The van der Waals surface area contributed by atoms with Gasteiger partial charge in [0.05, 0.1) is 17.8 Å². The van der Waals surface area contributed by atoms with Crippen LogP contribution in [0, 0.1) is 5.82 Å². The Morgan fingerprint density at radius 1 is 1.24 bits per heavy atom. The highest BCUT2D eigenvalue weighted by Gasteiger charge is 2.33. The Morgan fingerprint density at radius 2 is 2.00 bits per heavy atom. The molecule has 1 aliphatic rings.